The van der Waals surface area contributed by atoms with Gasteiger partial charge in [0.2, 0.25) is 0 Å². The molecule has 234 valence electrons. The van der Waals surface area contributed by atoms with Crippen molar-refractivity contribution in [3.05, 3.63) is 42.1 Å². The monoisotopic (exact) mass is 602 g/mol. The van der Waals surface area contributed by atoms with E-state index in [4.69, 9.17) is 15.2 Å². The molecule has 2 aromatic rings. The van der Waals surface area contributed by atoms with Crippen LogP contribution in [0.1, 0.15) is 62.7 Å². The van der Waals surface area contributed by atoms with Gasteiger partial charge in [0.05, 0.1) is 24.5 Å². The van der Waals surface area contributed by atoms with Crippen LogP contribution in [0, 0.1) is 11.2 Å². The van der Waals surface area contributed by atoms with Gasteiger partial charge in [0.1, 0.15) is 17.9 Å². The van der Waals surface area contributed by atoms with Crippen molar-refractivity contribution >= 4 is 11.7 Å². The summed E-state index contributed by atoms with van der Waals surface area (Å²) in [5, 5.41) is 0. The maximum Gasteiger partial charge on any atom is 0.258 e. The van der Waals surface area contributed by atoms with Gasteiger partial charge in [-0.2, -0.15) is 0 Å². The van der Waals surface area contributed by atoms with Gasteiger partial charge in [-0.15, -0.1) is 0 Å². The van der Waals surface area contributed by atoms with Crippen LogP contribution in [0.2, 0.25) is 0 Å². The molecule has 1 saturated carbocycles. The van der Waals surface area contributed by atoms with E-state index in [0.717, 1.165) is 64.5 Å². The van der Waals surface area contributed by atoms with Gasteiger partial charge in [-0.25, -0.2) is 23.1 Å². The third-order valence-corrected chi connectivity index (χ3v) is 9.44. The Morgan fingerprint density at radius 2 is 1.93 bits per heavy atom. The summed E-state index contributed by atoms with van der Waals surface area (Å²) in [7, 11) is 0. The smallest absolute Gasteiger partial charge is 0.258 e. The minimum Gasteiger partial charge on any atom is -0.451 e. The second kappa shape index (κ2) is 11.9. The Morgan fingerprint density at radius 3 is 2.58 bits per heavy atom. The summed E-state index contributed by atoms with van der Waals surface area (Å²) in [6.45, 7) is 8.82. The standard InChI is InChI=1S/C31H41F3N6O3/c1-20(2)40(23-12-31(33,34)13-23)29(41)25-11-21(32)3-6-26(25)43-27-14-36-19-37-28(27)39-17-30(18-39)7-9-38(10-8-30)15-24-5-4-22(35)16-42-24/h3,6,11,14,19-20,22-24H,4-5,7-10,12-13,15-18,35H2,1-2H3/t22-,24+/m1/s1. The number of likely N-dealkylation sites (tertiary alicyclic amines) is 1. The molecule has 4 aliphatic rings. The Bertz CT molecular complexity index is 1300. The minimum atomic E-state index is -2.79. The van der Waals surface area contributed by atoms with Crippen molar-refractivity contribution in [2.75, 3.05) is 44.2 Å². The van der Waals surface area contributed by atoms with Gasteiger partial charge in [-0.1, -0.05) is 0 Å². The lowest BCUT2D eigenvalue weighted by Gasteiger charge is -2.54. The molecule has 1 aliphatic carbocycles. The predicted molar refractivity (Wildman–Crippen MR) is 155 cm³/mol. The highest BCUT2D eigenvalue weighted by Gasteiger charge is 2.50. The fourth-order valence-electron chi connectivity index (χ4n) is 6.98. The lowest BCUT2D eigenvalue weighted by Crippen LogP contribution is -2.61. The Morgan fingerprint density at radius 1 is 1.19 bits per heavy atom. The zero-order valence-corrected chi connectivity index (χ0v) is 24.9. The van der Waals surface area contributed by atoms with E-state index in [9.17, 15) is 18.0 Å². The van der Waals surface area contributed by atoms with E-state index in [1.807, 2.05) is 0 Å². The summed E-state index contributed by atoms with van der Waals surface area (Å²) < 4.78 is 53.9. The maximum atomic E-state index is 14.4. The van der Waals surface area contributed by atoms with Crippen molar-refractivity contribution in [1.82, 2.24) is 19.8 Å². The number of amides is 1. The number of piperidine rings is 1. The lowest BCUT2D eigenvalue weighted by atomic mass is 9.72. The zero-order chi connectivity index (χ0) is 30.4. The first-order valence-electron chi connectivity index (χ1n) is 15.3. The van der Waals surface area contributed by atoms with Crippen LogP contribution < -0.4 is 15.4 Å². The van der Waals surface area contributed by atoms with E-state index in [1.165, 1.54) is 29.6 Å². The topological polar surface area (TPSA) is 97.1 Å². The molecule has 3 saturated heterocycles. The number of nitrogens with two attached hydrogens (primary N) is 1. The quantitative estimate of drug-likeness (QED) is 0.473. The number of nitrogens with zero attached hydrogens (tertiary/aromatic N) is 5. The molecule has 4 heterocycles. The SMILES string of the molecule is CC(C)N(C(=O)c1cc(F)ccc1Oc1cncnc1N1CC2(CCN(C[C@@H]3CC[C@@H](N)CO3)CC2)C1)C1CC(F)(F)C1. The van der Waals surface area contributed by atoms with Crippen molar-refractivity contribution in [1.29, 1.82) is 0 Å². The summed E-state index contributed by atoms with van der Waals surface area (Å²) in [4.78, 5) is 28.3. The van der Waals surface area contributed by atoms with Crippen LogP contribution in [0.25, 0.3) is 0 Å². The Balaban J connectivity index is 1.11. The molecule has 12 heteroatoms. The Kier molecular flexibility index (Phi) is 8.29. The molecule has 1 aromatic heterocycles. The van der Waals surface area contributed by atoms with Crippen molar-refractivity contribution < 1.29 is 27.4 Å². The molecular formula is C31H41F3N6O3. The number of benzene rings is 1. The summed E-state index contributed by atoms with van der Waals surface area (Å²) >= 11 is 0. The number of alkyl halides is 2. The van der Waals surface area contributed by atoms with E-state index >= 15 is 0 Å². The molecule has 1 aromatic carbocycles. The largest absolute Gasteiger partial charge is 0.451 e. The normalized spacial score (nSPS) is 25.3. The highest BCUT2D eigenvalue weighted by Crippen LogP contribution is 2.46. The number of hydrogen-bond donors (Lipinski definition) is 1. The van der Waals surface area contributed by atoms with E-state index in [0.29, 0.717) is 18.2 Å². The van der Waals surface area contributed by atoms with Gasteiger partial charge in [-0.05, 0) is 70.8 Å². The van der Waals surface area contributed by atoms with Gasteiger partial charge in [0, 0.05) is 56.0 Å². The highest BCUT2D eigenvalue weighted by atomic mass is 19.3. The maximum absolute atomic E-state index is 14.4. The molecule has 1 spiro atoms. The lowest BCUT2D eigenvalue weighted by molar-refractivity contribution is -0.120. The van der Waals surface area contributed by atoms with E-state index in [-0.39, 0.29) is 34.9 Å². The first kappa shape index (κ1) is 30.1. The number of ether oxygens (including phenoxy) is 2. The van der Waals surface area contributed by atoms with Crippen molar-refractivity contribution in [3.63, 3.8) is 0 Å². The summed E-state index contributed by atoms with van der Waals surface area (Å²) in [6, 6.07) is 2.90. The van der Waals surface area contributed by atoms with Crippen LogP contribution in [0.3, 0.4) is 0 Å². The number of rotatable bonds is 8. The Hall–Kier alpha value is -2.96. The zero-order valence-electron chi connectivity index (χ0n) is 24.9. The third kappa shape index (κ3) is 6.46. The molecule has 4 fully saturated rings. The van der Waals surface area contributed by atoms with Crippen LogP contribution >= 0.6 is 0 Å². The van der Waals surface area contributed by atoms with Gasteiger partial charge < -0.3 is 29.9 Å². The number of carbonyl (C=O) groups is 1. The molecule has 6 rings (SSSR count). The Labute approximate surface area is 250 Å². The third-order valence-electron chi connectivity index (χ3n) is 9.44. The highest BCUT2D eigenvalue weighted by molar-refractivity contribution is 5.97. The van der Waals surface area contributed by atoms with Gasteiger partial charge >= 0.3 is 0 Å². The molecule has 0 radical (unpaired) electrons. The molecule has 9 nitrogen and oxygen atoms in total. The van der Waals surface area contributed by atoms with Crippen molar-refractivity contribution in [2.45, 2.75) is 82.5 Å². The first-order valence-corrected chi connectivity index (χ1v) is 15.3. The first-order chi connectivity index (χ1) is 20.5. The summed E-state index contributed by atoms with van der Waals surface area (Å²) in [5.41, 5.74) is 6.15. The summed E-state index contributed by atoms with van der Waals surface area (Å²) in [6.07, 6.45) is 6.64. The number of anilines is 1. The molecule has 0 bridgehead atoms. The fourth-order valence-corrected chi connectivity index (χ4v) is 6.98. The predicted octanol–water partition coefficient (Wildman–Crippen LogP) is 4.46. The van der Waals surface area contributed by atoms with E-state index in [2.05, 4.69) is 19.8 Å². The number of aromatic nitrogens is 2. The molecule has 0 unspecified atom stereocenters. The van der Waals surface area contributed by atoms with Crippen LogP contribution in [0.4, 0.5) is 19.0 Å². The molecule has 2 atom stereocenters. The fraction of sp³-hybridized carbons (Fsp3) is 0.645. The molecule has 2 N–H and O–H groups in total. The van der Waals surface area contributed by atoms with Crippen molar-refractivity contribution in [2.24, 2.45) is 11.1 Å². The second-order valence-electron chi connectivity index (χ2n) is 13.1. The molecule has 1 amide bonds. The van der Waals surface area contributed by atoms with E-state index < -0.39 is 36.5 Å². The molecular weight excluding hydrogens is 561 g/mol. The van der Waals surface area contributed by atoms with Gasteiger partial charge in [0.25, 0.3) is 11.8 Å². The number of halogens is 3. The second-order valence-corrected chi connectivity index (χ2v) is 13.1. The average molecular weight is 603 g/mol. The molecule has 43 heavy (non-hydrogen) atoms. The van der Waals surface area contributed by atoms with Crippen LogP contribution in [0.15, 0.2) is 30.7 Å². The van der Waals surface area contributed by atoms with Crippen molar-refractivity contribution in [3.8, 4) is 11.5 Å². The van der Waals surface area contributed by atoms with Gasteiger partial charge in [-0.3, -0.25) is 4.79 Å². The number of hydrogen-bond acceptors (Lipinski definition) is 8. The van der Waals surface area contributed by atoms with Gasteiger partial charge in [0.15, 0.2) is 11.6 Å². The molecule has 3 aliphatic heterocycles. The van der Waals surface area contributed by atoms with Crippen LogP contribution in [-0.2, 0) is 4.74 Å². The number of carbonyl (C=O) groups excluding carboxylic acids is 1. The minimum absolute atomic E-state index is 0.0184. The average Bonchev–Trinajstić information content (AvgIpc) is 2.94. The van der Waals surface area contributed by atoms with Crippen LogP contribution in [0.5, 0.6) is 11.5 Å². The van der Waals surface area contributed by atoms with E-state index in [1.54, 1.807) is 13.8 Å². The summed E-state index contributed by atoms with van der Waals surface area (Å²) in [5.74, 6) is -2.85. The van der Waals surface area contributed by atoms with Crippen LogP contribution in [-0.4, -0.2) is 95.2 Å².